The highest BCUT2D eigenvalue weighted by Gasteiger charge is 2.47. The van der Waals surface area contributed by atoms with Crippen molar-refractivity contribution in [2.45, 2.75) is 25.1 Å². The molecule has 0 amide bonds. The highest BCUT2D eigenvalue weighted by atomic mass is 32.2. The van der Waals surface area contributed by atoms with Crippen molar-refractivity contribution in [3.8, 4) is 0 Å². The molecule has 0 radical (unpaired) electrons. The highest BCUT2D eigenvalue weighted by molar-refractivity contribution is 8.13. The van der Waals surface area contributed by atoms with E-state index in [0.29, 0.717) is 6.04 Å². The van der Waals surface area contributed by atoms with Gasteiger partial charge in [-0.25, -0.2) is 0 Å². The molecule has 2 rings (SSSR count). The molecule has 1 heterocycles. The Kier molecular flexibility index (Phi) is 1.12. The van der Waals surface area contributed by atoms with Gasteiger partial charge in [0.2, 0.25) is 0 Å². The molecule has 2 heteroatoms. The third kappa shape index (κ3) is 0.599. The Morgan fingerprint density at radius 3 is 2.78 bits per heavy atom. The summed E-state index contributed by atoms with van der Waals surface area (Å²) in [6.45, 7) is 4.63. The lowest BCUT2D eigenvalue weighted by molar-refractivity contribution is 0.193. The van der Waals surface area contributed by atoms with E-state index in [4.69, 9.17) is 0 Å². The van der Waals surface area contributed by atoms with Crippen molar-refractivity contribution < 1.29 is 0 Å². The summed E-state index contributed by atoms with van der Waals surface area (Å²) in [7, 11) is 0. The van der Waals surface area contributed by atoms with Crippen LogP contribution in [0.25, 0.3) is 0 Å². The molecule has 2 aliphatic rings. The van der Waals surface area contributed by atoms with E-state index in [1.165, 1.54) is 0 Å². The second kappa shape index (κ2) is 1.75. The number of thioether (sulfide) groups is 1. The van der Waals surface area contributed by atoms with Crippen molar-refractivity contribution in [1.29, 1.82) is 0 Å². The number of rotatable bonds is 0. The predicted octanol–water partition coefficient (Wildman–Crippen LogP) is 1.78. The zero-order valence-electron chi connectivity index (χ0n) is 5.74. The van der Waals surface area contributed by atoms with Crippen LogP contribution in [-0.2, 0) is 0 Å². The van der Waals surface area contributed by atoms with Gasteiger partial charge < -0.3 is 0 Å². The van der Waals surface area contributed by atoms with Crippen LogP contribution >= 0.6 is 11.8 Å². The Labute approximate surface area is 59.9 Å². The Balaban J connectivity index is 2.12. The molecule has 1 aliphatic carbocycles. The van der Waals surface area contributed by atoms with Crippen LogP contribution in [0.2, 0.25) is 0 Å². The predicted molar refractivity (Wildman–Crippen MR) is 42.0 cm³/mol. The zero-order valence-corrected chi connectivity index (χ0v) is 6.56. The standard InChI is InChI=1S/C7H11NS/c1-4-5(2)7-6(4)8-3-9-7/h3-7H,1-2H3. The van der Waals surface area contributed by atoms with Gasteiger partial charge in [-0.15, -0.1) is 11.8 Å². The molecule has 9 heavy (non-hydrogen) atoms. The molecule has 0 aromatic carbocycles. The van der Waals surface area contributed by atoms with Crippen molar-refractivity contribution in [3.05, 3.63) is 0 Å². The van der Waals surface area contributed by atoms with E-state index in [-0.39, 0.29) is 0 Å². The smallest absolute Gasteiger partial charge is 0.0659 e. The molecule has 0 aromatic heterocycles. The molecule has 0 spiro atoms. The van der Waals surface area contributed by atoms with E-state index in [1.807, 2.05) is 17.3 Å². The molecular weight excluding hydrogens is 130 g/mol. The lowest BCUT2D eigenvalue weighted by Gasteiger charge is -2.42. The molecule has 0 bridgehead atoms. The van der Waals surface area contributed by atoms with Crippen molar-refractivity contribution >= 4 is 17.3 Å². The Hall–Kier alpha value is 0.0200. The normalized spacial score (nSPS) is 54.9. The van der Waals surface area contributed by atoms with Gasteiger partial charge in [0.15, 0.2) is 0 Å². The first-order chi connectivity index (χ1) is 4.30. The van der Waals surface area contributed by atoms with Gasteiger partial charge in [-0.05, 0) is 11.8 Å². The third-order valence-electron chi connectivity index (χ3n) is 2.67. The minimum atomic E-state index is 0.671. The van der Waals surface area contributed by atoms with Crippen LogP contribution in [0.5, 0.6) is 0 Å². The molecule has 1 saturated carbocycles. The molecule has 1 fully saturated rings. The average Bonchev–Trinajstić information content (AvgIpc) is 2.30. The summed E-state index contributed by atoms with van der Waals surface area (Å²) in [6, 6.07) is 0.671. The van der Waals surface area contributed by atoms with Crippen LogP contribution in [0.1, 0.15) is 13.8 Å². The second-order valence-corrected chi connectivity index (χ2v) is 4.09. The molecule has 0 N–H and O–H groups in total. The average molecular weight is 141 g/mol. The largest absolute Gasteiger partial charge is 0.282 e. The first-order valence-electron chi connectivity index (χ1n) is 3.48. The van der Waals surface area contributed by atoms with Gasteiger partial charge in [-0.3, -0.25) is 4.99 Å². The zero-order chi connectivity index (χ0) is 6.43. The van der Waals surface area contributed by atoms with E-state index >= 15 is 0 Å². The van der Waals surface area contributed by atoms with Crippen molar-refractivity contribution in [1.82, 2.24) is 0 Å². The maximum absolute atomic E-state index is 4.37. The van der Waals surface area contributed by atoms with E-state index in [0.717, 1.165) is 17.1 Å². The SMILES string of the molecule is CC1C(C)C2SC=NC12. The topological polar surface area (TPSA) is 12.4 Å². The molecule has 0 saturated heterocycles. The van der Waals surface area contributed by atoms with Crippen LogP contribution < -0.4 is 0 Å². The van der Waals surface area contributed by atoms with Gasteiger partial charge in [-0.1, -0.05) is 13.8 Å². The van der Waals surface area contributed by atoms with Crippen LogP contribution in [0.3, 0.4) is 0 Å². The second-order valence-electron chi connectivity index (χ2n) is 3.06. The number of aliphatic imine (C=N–C) groups is 1. The molecule has 1 aliphatic heterocycles. The Morgan fingerprint density at radius 1 is 1.33 bits per heavy atom. The number of nitrogens with zero attached hydrogens (tertiary/aromatic N) is 1. The quantitative estimate of drug-likeness (QED) is 0.501. The van der Waals surface area contributed by atoms with Crippen molar-refractivity contribution in [3.63, 3.8) is 0 Å². The first kappa shape index (κ1) is 5.78. The van der Waals surface area contributed by atoms with Gasteiger partial charge in [0, 0.05) is 5.25 Å². The molecule has 0 aromatic rings. The van der Waals surface area contributed by atoms with E-state index in [9.17, 15) is 0 Å². The summed E-state index contributed by atoms with van der Waals surface area (Å²) in [6.07, 6.45) is 0. The van der Waals surface area contributed by atoms with Crippen molar-refractivity contribution in [2.24, 2.45) is 16.8 Å². The monoisotopic (exact) mass is 141 g/mol. The fourth-order valence-corrected chi connectivity index (χ4v) is 3.00. The van der Waals surface area contributed by atoms with Gasteiger partial charge >= 0.3 is 0 Å². The maximum Gasteiger partial charge on any atom is 0.0659 e. The summed E-state index contributed by atoms with van der Waals surface area (Å²) in [5.74, 6) is 1.73. The summed E-state index contributed by atoms with van der Waals surface area (Å²) in [5, 5.41) is 0.833. The fourth-order valence-electron chi connectivity index (χ4n) is 1.68. The van der Waals surface area contributed by atoms with Crippen LogP contribution in [-0.4, -0.2) is 16.8 Å². The summed E-state index contributed by atoms with van der Waals surface area (Å²) < 4.78 is 0. The molecule has 4 unspecified atom stereocenters. The van der Waals surface area contributed by atoms with E-state index < -0.39 is 0 Å². The van der Waals surface area contributed by atoms with Gasteiger partial charge in [-0.2, -0.15) is 0 Å². The van der Waals surface area contributed by atoms with Gasteiger partial charge in [0.05, 0.1) is 11.6 Å². The van der Waals surface area contributed by atoms with E-state index in [1.54, 1.807) is 0 Å². The molecule has 50 valence electrons. The summed E-state index contributed by atoms with van der Waals surface area (Å²) in [5.41, 5.74) is 2.02. The molecular formula is C7H11NS. The maximum atomic E-state index is 4.37. The van der Waals surface area contributed by atoms with Crippen LogP contribution in [0.15, 0.2) is 4.99 Å². The van der Waals surface area contributed by atoms with Gasteiger partial charge in [0.25, 0.3) is 0 Å². The summed E-state index contributed by atoms with van der Waals surface area (Å²) >= 11 is 1.91. The lowest BCUT2D eigenvalue weighted by Crippen LogP contribution is -2.47. The third-order valence-corrected chi connectivity index (χ3v) is 3.94. The fraction of sp³-hybridized carbons (Fsp3) is 0.857. The minimum absolute atomic E-state index is 0.671. The first-order valence-corrected chi connectivity index (χ1v) is 4.42. The lowest BCUT2D eigenvalue weighted by atomic mass is 9.71. The molecule has 1 nitrogen and oxygen atoms in total. The Morgan fingerprint density at radius 2 is 2.11 bits per heavy atom. The minimum Gasteiger partial charge on any atom is -0.282 e. The number of hydrogen-bond acceptors (Lipinski definition) is 2. The van der Waals surface area contributed by atoms with Crippen molar-refractivity contribution in [2.75, 3.05) is 0 Å². The van der Waals surface area contributed by atoms with E-state index in [2.05, 4.69) is 18.8 Å². The van der Waals surface area contributed by atoms with Crippen LogP contribution in [0, 0.1) is 11.8 Å². The number of hydrogen-bond donors (Lipinski definition) is 0. The summed E-state index contributed by atoms with van der Waals surface area (Å²) in [4.78, 5) is 4.37. The van der Waals surface area contributed by atoms with Gasteiger partial charge in [0.1, 0.15) is 0 Å². The Bertz CT molecular complexity index is 155. The van der Waals surface area contributed by atoms with Crippen LogP contribution in [0.4, 0.5) is 0 Å². The molecule has 4 atom stereocenters. The highest BCUT2D eigenvalue weighted by Crippen LogP contribution is 2.46. The number of fused-ring (bicyclic) bond motifs is 1.